The molecule has 2 rings (SSSR count). The van der Waals surface area contributed by atoms with Crippen LogP contribution >= 0.6 is 0 Å². The van der Waals surface area contributed by atoms with E-state index in [1.54, 1.807) is 23.6 Å². The molecular formula is C12H12FN3O2. The van der Waals surface area contributed by atoms with Gasteiger partial charge in [-0.05, 0) is 31.2 Å². The largest absolute Gasteiger partial charge is 0.464 e. The summed E-state index contributed by atoms with van der Waals surface area (Å²) in [5, 5.41) is 0. The van der Waals surface area contributed by atoms with Crippen LogP contribution in [0.2, 0.25) is 0 Å². The fourth-order valence-corrected chi connectivity index (χ4v) is 1.71. The van der Waals surface area contributed by atoms with Gasteiger partial charge in [-0.15, -0.1) is 0 Å². The van der Waals surface area contributed by atoms with Crippen LogP contribution in [0.5, 0.6) is 0 Å². The molecule has 6 heteroatoms. The number of anilines is 1. The normalized spacial score (nSPS) is 10.4. The predicted octanol–water partition coefficient (Wildman–Crippen LogP) is 1.69. The summed E-state index contributed by atoms with van der Waals surface area (Å²) < 4.78 is 19.0. The van der Waals surface area contributed by atoms with E-state index in [1.165, 1.54) is 19.2 Å². The molecule has 0 saturated carbocycles. The predicted molar refractivity (Wildman–Crippen MR) is 64.0 cm³/mol. The summed E-state index contributed by atoms with van der Waals surface area (Å²) in [5.74, 6) is -0.245. The van der Waals surface area contributed by atoms with Gasteiger partial charge in [0.05, 0.1) is 7.11 Å². The first-order valence-corrected chi connectivity index (χ1v) is 5.23. The number of benzene rings is 1. The molecule has 2 aromatic rings. The van der Waals surface area contributed by atoms with Gasteiger partial charge in [0.25, 0.3) is 0 Å². The summed E-state index contributed by atoms with van der Waals surface area (Å²) >= 11 is 0. The molecule has 0 aliphatic heterocycles. The van der Waals surface area contributed by atoms with Crippen LogP contribution in [0.15, 0.2) is 24.3 Å². The summed E-state index contributed by atoms with van der Waals surface area (Å²) in [6.07, 6.45) is 0. The van der Waals surface area contributed by atoms with Crippen LogP contribution in [0.25, 0.3) is 5.69 Å². The minimum Gasteiger partial charge on any atom is -0.464 e. The molecule has 0 spiro atoms. The molecule has 1 heterocycles. The first-order valence-electron chi connectivity index (χ1n) is 5.23. The van der Waals surface area contributed by atoms with Gasteiger partial charge in [-0.2, -0.15) is 0 Å². The van der Waals surface area contributed by atoms with Crippen molar-refractivity contribution >= 4 is 11.8 Å². The number of hydrogen-bond acceptors (Lipinski definition) is 4. The number of hydrogen-bond donors (Lipinski definition) is 1. The third kappa shape index (κ3) is 1.92. The summed E-state index contributed by atoms with van der Waals surface area (Å²) in [6.45, 7) is 1.70. The van der Waals surface area contributed by atoms with Gasteiger partial charge in [-0.3, -0.25) is 4.57 Å². The zero-order chi connectivity index (χ0) is 13.3. The summed E-state index contributed by atoms with van der Waals surface area (Å²) in [4.78, 5) is 15.5. The number of aromatic nitrogens is 2. The van der Waals surface area contributed by atoms with Gasteiger partial charge in [0.1, 0.15) is 17.5 Å². The number of imidazole rings is 1. The Morgan fingerprint density at radius 2 is 2.00 bits per heavy atom. The second kappa shape index (κ2) is 4.48. The molecule has 0 amide bonds. The monoisotopic (exact) mass is 249 g/mol. The zero-order valence-corrected chi connectivity index (χ0v) is 9.98. The van der Waals surface area contributed by atoms with Crippen molar-refractivity contribution < 1.29 is 13.9 Å². The number of carbonyl (C=O) groups excluding carboxylic acids is 1. The molecule has 0 saturated heterocycles. The number of rotatable bonds is 2. The Morgan fingerprint density at radius 3 is 2.56 bits per heavy atom. The first kappa shape index (κ1) is 12.1. The minimum absolute atomic E-state index is 0.0549. The van der Waals surface area contributed by atoms with Crippen LogP contribution in [-0.4, -0.2) is 22.6 Å². The van der Waals surface area contributed by atoms with Crippen molar-refractivity contribution in [1.82, 2.24) is 9.55 Å². The SMILES string of the molecule is COC(=O)c1nc(C)n(-c2ccc(F)cc2)c1N. The Balaban J connectivity index is 2.55. The maximum Gasteiger partial charge on any atom is 0.360 e. The maximum absolute atomic E-state index is 12.9. The van der Waals surface area contributed by atoms with E-state index in [0.717, 1.165) is 0 Å². The fourth-order valence-electron chi connectivity index (χ4n) is 1.71. The average molecular weight is 249 g/mol. The molecule has 94 valence electrons. The van der Waals surface area contributed by atoms with Gasteiger partial charge >= 0.3 is 5.97 Å². The van der Waals surface area contributed by atoms with Crippen molar-refractivity contribution in [2.45, 2.75) is 6.92 Å². The van der Waals surface area contributed by atoms with Crippen LogP contribution in [0, 0.1) is 12.7 Å². The molecule has 2 N–H and O–H groups in total. The van der Waals surface area contributed by atoms with Gasteiger partial charge in [0, 0.05) is 5.69 Å². The number of halogens is 1. The zero-order valence-electron chi connectivity index (χ0n) is 9.98. The molecule has 0 aliphatic rings. The van der Waals surface area contributed by atoms with E-state index in [-0.39, 0.29) is 17.3 Å². The van der Waals surface area contributed by atoms with Crippen LogP contribution in [0.4, 0.5) is 10.2 Å². The standard InChI is InChI=1S/C12H12FN3O2/c1-7-15-10(12(17)18-2)11(14)16(7)9-5-3-8(13)4-6-9/h3-6H,14H2,1-2H3. The molecule has 0 unspecified atom stereocenters. The van der Waals surface area contributed by atoms with Crippen LogP contribution in [0.1, 0.15) is 16.3 Å². The number of carbonyl (C=O) groups is 1. The van der Waals surface area contributed by atoms with Crippen molar-refractivity contribution in [2.24, 2.45) is 0 Å². The lowest BCUT2D eigenvalue weighted by Gasteiger charge is -2.07. The van der Waals surface area contributed by atoms with Gasteiger partial charge in [-0.25, -0.2) is 14.2 Å². The number of nitrogen functional groups attached to an aromatic ring is 1. The first-order chi connectivity index (χ1) is 8.54. The summed E-state index contributed by atoms with van der Waals surface area (Å²) in [7, 11) is 1.26. The van der Waals surface area contributed by atoms with E-state index >= 15 is 0 Å². The molecule has 0 atom stereocenters. The molecular weight excluding hydrogens is 237 g/mol. The molecule has 0 radical (unpaired) electrons. The third-order valence-corrected chi connectivity index (χ3v) is 2.54. The van der Waals surface area contributed by atoms with E-state index in [1.807, 2.05) is 0 Å². The molecule has 1 aromatic heterocycles. The maximum atomic E-state index is 12.9. The molecule has 0 bridgehead atoms. The van der Waals surface area contributed by atoms with E-state index in [9.17, 15) is 9.18 Å². The molecule has 18 heavy (non-hydrogen) atoms. The number of nitrogens with two attached hydrogens (primary N) is 1. The number of aryl methyl sites for hydroxylation is 1. The molecule has 0 aliphatic carbocycles. The third-order valence-electron chi connectivity index (χ3n) is 2.54. The highest BCUT2D eigenvalue weighted by Gasteiger charge is 2.19. The highest BCUT2D eigenvalue weighted by Crippen LogP contribution is 2.21. The Kier molecular flexibility index (Phi) is 3.01. The van der Waals surface area contributed by atoms with Crippen molar-refractivity contribution in [3.63, 3.8) is 0 Å². The quantitative estimate of drug-likeness (QED) is 0.822. The highest BCUT2D eigenvalue weighted by atomic mass is 19.1. The van der Waals surface area contributed by atoms with E-state index in [2.05, 4.69) is 9.72 Å². The smallest absolute Gasteiger partial charge is 0.360 e. The van der Waals surface area contributed by atoms with E-state index in [4.69, 9.17) is 5.73 Å². The van der Waals surface area contributed by atoms with Gasteiger partial charge in [-0.1, -0.05) is 0 Å². The second-order valence-electron chi connectivity index (χ2n) is 3.70. The number of ether oxygens (including phenoxy) is 1. The lowest BCUT2D eigenvalue weighted by atomic mass is 10.3. The van der Waals surface area contributed by atoms with Gasteiger partial charge < -0.3 is 10.5 Å². The Labute approximate surface area is 103 Å². The summed E-state index contributed by atoms with van der Waals surface area (Å²) in [5.41, 5.74) is 6.54. The Bertz CT molecular complexity index is 590. The summed E-state index contributed by atoms with van der Waals surface area (Å²) in [6, 6.07) is 5.74. The van der Waals surface area contributed by atoms with Crippen molar-refractivity contribution in [3.05, 3.63) is 41.6 Å². The average Bonchev–Trinajstić information content (AvgIpc) is 2.65. The van der Waals surface area contributed by atoms with E-state index in [0.29, 0.717) is 11.5 Å². The van der Waals surface area contributed by atoms with Gasteiger partial charge in [0.15, 0.2) is 5.69 Å². The number of methoxy groups -OCH3 is 1. The van der Waals surface area contributed by atoms with Crippen molar-refractivity contribution in [1.29, 1.82) is 0 Å². The Morgan fingerprint density at radius 1 is 1.39 bits per heavy atom. The fraction of sp³-hybridized carbons (Fsp3) is 0.167. The highest BCUT2D eigenvalue weighted by molar-refractivity contribution is 5.92. The number of esters is 1. The number of nitrogens with zero attached hydrogens (tertiary/aromatic N) is 2. The second-order valence-corrected chi connectivity index (χ2v) is 3.70. The van der Waals surface area contributed by atoms with Crippen molar-refractivity contribution in [2.75, 3.05) is 12.8 Å². The molecule has 0 fully saturated rings. The van der Waals surface area contributed by atoms with E-state index < -0.39 is 5.97 Å². The topological polar surface area (TPSA) is 70.1 Å². The van der Waals surface area contributed by atoms with Crippen molar-refractivity contribution in [3.8, 4) is 5.69 Å². The minimum atomic E-state index is -0.600. The molecule has 5 nitrogen and oxygen atoms in total. The van der Waals surface area contributed by atoms with Crippen LogP contribution < -0.4 is 5.73 Å². The lowest BCUT2D eigenvalue weighted by Crippen LogP contribution is -2.07. The van der Waals surface area contributed by atoms with Gasteiger partial charge in [0.2, 0.25) is 0 Å². The van der Waals surface area contributed by atoms with Crippen LogP contribution in [-0.2, 0) is 4.74 Å². The van der Waals surface area contributed by atoms with Crippen LogP contribution in [0.3, 0.4) is 0 Å². The Hall–Kier alpha value is -2.37. The lowest BCUT2D eigenvalue weighted by molar-refractivity contribution is 0.0596. The molecule has 1 aromatic carbocycles.